The van der Waals surface area contributed by atoms with E-state index in [1.165, 1.54) is 0 Å². The van der Waals surface area contributed by atoms with Gasteiger partial charge >= 0.3 is 5.69 Å². The summed E-state index contributed by atoms with van der Waals surface area (Å²) in [5.74, 6) is -0.146. The molecule has 0 radical (unpaired) electrons. The first-order valence-electron chi connectivity index (χ1n) is 10.7. The number of imidazole rings is 2. The van der Waals surface area contributed by atoms with E-state index in [-0.39, 0.29) is 18.1 Å². The third kappa shape index (κ3) is 3.65. The van der Waals surface area contributed by atoms with E-state index < -0.39 is 0 Å². The molecule has 2 aromatic carbocycles. The molecule has 162 valence electrons. The summed E-state index contributed by atoms with van der Waals surface area (Å²) in [6.07, 6.45) is 3.32. The van der Waals surface area contributed by atoms with Crippen molar-refractivity contribution in [3.8, 4) is 16.9 Å². The minimum atomic E-state index is -0.267. The highest BCUT2D eigenvalue weighted by molar-refractivity contribution is 5.99. The van der Waals surface area contributed by atoms with Crippen molar-refractivity contribution >= 4 is 5.91 Å². The Kier molecular flexibility index (Phi) is 5.43. The first-order valence-corrected chi connectivity index (χ1v) is 10.7. The van der Waals surface area contributed by atoms with Crippen molar-refractivity contribution in [2.75, 3.05) is 26.2 Å². The first kappa shape index (κ1) is 20.0. The predicted octanol–water partition coefficient (Wildman–Crippen LogP) is 2.12. The molecule has 5 rings (SSSR count). The van der Waals surface area contributed by atoms with Gasteiger partial charge in [-0.05, 0) is 12.1 Å². The number of rotatable bonds is 5. The number of carbonyl (C=O) groups excluding carboxylic acids is 1. The Bertz CT molecular complexity index is 1250. The van der Waals surface area contributed by atoms with Gasteiger partial charge in [0.2, 0.25) is 0 Å². The van der Waals surface area contributed by atoms with E-state index in [1.807, 2.05) is 65.6 Å². The molecule has 2 N–H and O–H groups in total. The summed E-state index contributed by atoms with van der Waals surface area (Å²) in [5.41, 5.74) is 2.93. The highest BCUT2D eigenvalue weighted by Gasteiger charge is 2.30. The van der Waals surface area contributed by atoms with E-state index in [4.69, 9.17) is 0 Å². The second-order valence-corrected chi connectivity index (χ2v) is 7.71. The van der Waals surface area contributed by atoms with Gasteiger partial charge in [-0.15, -0.1) is 0 Å². The van der Waals surface area contributed by atoms with Gasteiger partial charge in [0.05, 0.1) is 29.9 Å². The average Bonchev–Trinajstić information content (AvgIpc) is 3.47. The quantitative estimate of drug-likeness (QED) is 0.510. The van der Waals surface area contributed by atoms with Gasteiger partial charge in [0.25, 0.3) is 5.91 Å². The molecule has 3 heterocycles. The molecule has 32 heavy (non-hydrogen) atoms. The fourth-order valence-corrected chi connectivity index (χ4v) is 4.14. The van der Waals surface area contributed by atoms with Gasteiger partial charge in [0.15, 0.2) is 0 Å². The smallest absolute Gasteiger partial charge is 0.334 e. The molecule has 1 amide bonds. The normalized spacial score (nSPS) is 13.9. The fraction of sp³-hybridized carbons (Fsp3) is 0.208. The van der Waals surface area contributed by atoms with Gasteiger partial charge in [0.1, 0.15) is 5.69 Å². The Balaban J connectivity index is 1.78. The van der Waals surface area contributed by atoms with Crippen molar-refractivity contribution < 1.29 is 4.79 Å². The molecule has 8 heteroatoms. The molecular weight excluding hydrogens is 404 g/mol. The van der Waals surface area contributed by atoms with Crippen molar-refractivity contribution in [3.05, 3.63) is 95.1 Å². The number of aromatic nitrogens is 4. The van der Waals surface area contributed by atoms with Gasteiger partial charge < -0.3 is 15.2 Å². The molecule has 1 saturated heterocycles. The Labute approximate surface area is 185 Å². The van der Waals surface area contributed by atoms with Crippen LogP contribution in [0, 0.1) is 0 Å². The maximum Gasteiger partial charge on any atom is 0.334 e. The number of piperazine rings is 1. The molecule has 0 saturated carbocycles. The van der Waals surface area contributed by atoms with E-state index in [1.54, 1.807) is 21.7 Å². The Morgan fingerprint density at radius 1 is 0.969 bits per heavy atom. The van der Waals surface area contributed by atoms with Gasteiger partial charge in [-0.2, -0.15) is 0 Å². The SMILES string of the molecule is O=C(c1c(-c2ccccc2)n(-c2ccccc2)c(=O)n1Cc1c[nH]cn1)N1CCNCC1. The topological polar surface area (TPSA) is 88.0 Å². The van der Waals surface area contributed by atoms with Crippen LogP contribution in [0.1, 0.15) is 16.2 Å². The summed E-state index contributed by atoms with van der Waals surface area (Å²) in [4.78, 5) is 36.7. The summed E-state index contributed by atoms with van der Waals surface area (Å²) in [6.45, 7) is 2.86. The van der Waals surface area contributed by atoms with E-state index in [2.05, 4.69) is 15.3 Å². The van der Waals surface area contributed by atoms with Crippen LogP contribution in [-0.4, -0.2) is 56.1 Å². The van der Waals surface area contributed by atoms with Gasteiger partial charge in [-0.25, -0.2) is 9.78 Å². The molecule has 0 bridgehead atoms. The molecule has 1 fully saturated rings. The summed E-state index contributed by atoms with van der Waals surface area (Å²) in [7, 11) is 0. The minimum absolute atomic E-state index is 0.146. The molecule has 2 aromatic heterocycles. The zero-order valence-corrected chi connectivity index (χ0v) is 17.6. The molecule has 0 atom stereocenters. The number of nitrogens with zero attached hydrogens (tertiary/aromatic N) is 4. The largest absolute Gasteiger partial charge is 0.351 e. The summed E-state index contributed by atoms with van der Waals surface area (Å²) in [6, 6.07) is 19.1. The molecule has 1 aliphatic rings. The Morgan fingerprint density at radius 3 is 2.31 bits per heavy atom. The first-order chi connectivity index (χ1) is 15.7. The maximum absolute atomic E-state index is 13.8. The number of amides is 1. The molecule has 0 unspecified atom stereocenters. The number of hydrogen-bond acceptors (Lipinski definition) is 4. The van der Waals surface area contributed by atoms with Crippen LogP contribution in [0.4, 0.5) is 0 Å². The second-order valence-electron chi connectivity index (χ2n) is 7.71. The number of hydrogen-bond donors (Lipinski definition) is 2. The van der Waals surface area contributed by atoms with Gasteiger partial charge in [-0.1, -0.05) is 48.5 Å². The fourth-order valence-electron chi connectivity index (χ4n) is 4.14. The minimum Gasteiger partial charge on any atom is -0.351 e. The lowest BCUT2D eigenvalue weighted by atomic mass is 10.1. The summed E-state index contributed by atoms with van der Waals surface area (Å²) in [5, 5.41) is 3.28. The Hall–Kier alpha value is -3.91. The predicted molar refractivity (Wildman–Crippen MR) is 122 cm³/mol. The van der Waals surface area contributed by atoms with Crippen LogP contribution in [0.5, 0.6) is 0 Å². The number of benzene rings is 2. The lowest BCUT2D eigenvalue weighted by Gasteiger charge is -2.28. The van der Waals surface area contributed by atoms with E-state index in [0.717, 1.165) is 18.7 Å². The van der Waals surface area contributed by atoms with Crippen molar-refractivity contribution in [2.24, 2.45) is 0 Å². The van der Waals surface area contributed by atoms with Crippen LogP contribution in [0.15, 0.2) is 78.0 Å². The number of aromatic amines is 1. The maximum atomic E-state index is 13.8. The highest BCUT2D eigenvalue weighted by Crippen LogP contribution is 2.28. The number of carbonyl (C=O) groups is 1. The lowest BCUT2D eigenvalue weighted by Crippen LogP contribution is -2.47. The second kappa shape index (κ2) is 8.68. The van der Waals surface area contributed by atoms with Crippen LogP contribution in [-0.2, 0) is 6.54 Å². The van der Waals surface area contributed by atoms with Crippen molar-refractivity contribution in [1.29, 1.82) is 0 Å². The van der Waals surface area contributed by atoms with Crippen LogP contribution in [0.25, 0.3) is 16.9 Å². The third-order valence-corrected chi connectivity index (χ3v) is 5.68. The zero-order chi connectivity index (χ0) is 21.9. The molecule has 4 aromatic rings. The highest BCUT2D eigenvalue weighted by atomic mass is 16.2. The lowest BCUT2D eigenvalue weighted by molar-refractivity contribution is 0.0725. The molecule has 0 spiro atoms. The average molecular weight is 428 g/mol. The molecule has 0 aliphatic carbocycles. The van der Waals surface area contributed by atoms with E-state index >= 15 is 0 Å². The van der Waals surface area contributed by atoms with E-state index in [0.29, 0.717) is 35.9 Å². The Morgan fingerprint density at radius 2 is 1.66 bits per heavy atom. The molecule has 8 nitrogen and oxygen atoms in total. The summed E-state index contributed by atoms with van der Waals surface area (Å²) < 4.78 is 3.19. The standard InChI is InChI=1S/C24H24N6O2/c31-23(28-13-11-25-12-14-28)22-21(18-7-3-1-4-8-18)30(20-9-5-2-6-10-20)24(32)29(22)16-19-15-26-17-27-19/h1-10,15,17,25H,11-14,16H2,(H,26,27). The van der Waals surface area contributed by atoms with Crippen LogP contribution >= 0.6 is 0 Å². The molecular formula is C24H24N6O2. The number of para-hydroxylation sites is 1. The van der Waals surface area contributed by atoms with E-state index in [9.17, 15) is 9.59 Å². The van der Waals surface area contributed by atoms with Gasteiger partial charge in [-0.3, -0.25) is 13.9 Å². The van der Waals surface area contributed by atoms with Crippen LogP contribution in [0.3, 0.4) is 0 Å². The van der Waals surface area contributed by atoms with Gasteiger partial charge in [0, 0.05) is 37.9 Å². The number of H-pyrrole nitrogens is 1. The monoisotopic (exact) mass is 428 g/mol. The van der Waals surface area contributed by atoms with Crippen molar-refractivity contribution in [2.45, 2.75) is 6.54 Å². The number of nitrogens with one attached hydrogen (secondary N) is 2. The summed E-state index contributed by atoms with van der Waals surface area (Å²) >= 11 is 0. The molecule has 1 aliphatic heterocycles. The van der Waals surface area contributed by atoms with Crippen LogP contribution < -0.4 is 11.0 Å². The van der Waals surface area contributed by atoms with Crippen molar-refractivity contribution in [1.82, 2.24) is 29.3 Å². The van der Waals surface area contributed by atoms with Crippen LogP contribution in [0.2, 0.25) is 0 Å². The zero-order valence-electron chi connectivity index (χ0n) is 17.6. The van der Waals surface area contributed by atoms with Crippen molar-refractivity contribution in [3.63, 3.8) is 0 Å². The third-order valence-electron chi connectivity index (χ3n) is 5.68.